The van der Waals surface area contributed by atoms with Gasteiger partial charge in [-0.15, -0.1) is 24.0 Å². The number of hydrogen-bond donors (Lipinski definition) is 2. The van der Waals surface area contributed by atoms with E-state index >= 15 is 0 Å². The van der Waals surface area contributed by atoms with Crippen LogP contribution in [0.25, 0.3) is 0 Å². The lowest BCUT2D eigenvalue weighted by Crippen LogP contribution is -2.55. The summed E-state index contributed by atoms with van der Waals surface area (Å²) < 4.78 is 29.0. The van der Waals surface area contributed by atoms with Crippen LogP contribution < -0.4 is 27.1 Å². The molecule has 4 aliphatic rings. The van der Waals surface area contributed by atoms with Gasteiger partial charge in [-0.2, -0.15) is 0 Å². The SMILES string of the molecule is Cc1cc(C)cc(O)c1.Cc1cc(C)cc(OCC2CNC(=O)O2)c1.I.O=c1n(CC2CO2)c(=O)n(CC2CO2)c(=O)n1CC1CO1. The summed E-state index contributed by atoms with van der Waals surface area (Å²) in [5.41, 5.74) is 2.75. The summed E-state index contributed by atoms with van der Waals surface area (Å²) in [5.74, 6) is 1.17. The molecule has 0 saturated carbocycles. The van der Waals surface area contributed by atoms with Crippen LogP contribution in [0.15, 0.2) is 50.8 Å². The Morgan fingerprint density at radius 1 is 0.681 bits per heavy atom. The first kappa shape index (κ1) is 36.2. The number of cyclic esters (lactones) is 1. The zero-order valence-electron chi connectivity index (χ0n) is 26.8. The largest absolute Gasteiger partial charge is 0.508 e. The molecule has 15 heteroatoms. The molecule has 256 valence electrons. The molecule has 14 nitrogen and oxygen atoms in total. The van der Waals surface area contributed by atoms with Gasteiger partial charge in [-0.3, -0.25) is 0 Å². The average molecular weight is 769 g/mol. The van der Waals surface area contributed by atoms with E-state index in [0.717, 1.165) is 41.7 Å². The number of amides is 1. The van der Waals surface area contributed by atoms with E-state index < -0.39 is 17.1 Å². The van der Waals surface area contributed by atoms with E-state index in [-0.39, 0.29) is 74.1 Å². The van der Waals surface area contributed by atoms with Crippen LogP contribution in [0.3, 0.4) is 0 Å². The molecule has 5 heterocycles. The Hall–Kier alpha value is -3.67. The number of hydrogen-bond acceptors (Lipinski definition) is 10. The van der Waals surface area contributed by atoms with Gasteiger partial charge in [-0.25, -0.2) is 32.9 Å². The van der Waals surface area contributed by atoms with Crippen LogP contribution in [0.1, 0.15) is 22.3 Å². The predicted molar refractivity (Wildman–Crippen MR) is 181 cm³/mol. The highest BCUT2D eigenvalue weighted by Gasteiger charge is 2.31. The molecule has 1 amide bonds. The van der Waals surface area contributed by atoms with Crippen molar-refractivity contribution in [2.24, 2.45) is 0 Å². The molecule has 3 aromatic rings. The van der Waals surface area contributed by atoms with Gasteiger partial charge in [-0.1, -0.05) is 12.1 Å². The first-order chi connectivity index (χ1) is 21.9. The number of carbonyl (C=O) groups is 1. The molecule has 2 aromatic carbocycles. The third-order valence-corrected chi connectivity index (χ3v) is 7.34. The Morgan fingerprint density at radius 2 is 1.06 bits per heavy atom. The molecule has 2 N–H and O–H groups in total. The summed E-state index contributed by atoms with van der Waals surface area (Å²) in [4.78, 5) is 47.9. The van der Waals surface area contributed by atoms with Crippen molar-refractivity contribution in [1.29, 1.82) is 0 Å². The maximum Gasteiger partial charge on any atom is 0.407 e. The number of alkyl carbamates (subject to hydrolysis) is 1. The van der Waals surface area contributed by atoms with Crippen molar-refractivity contribution >= 4 is 30.1 Å². The van der Waals surface area contributed by atoms with Crippen molar-refractivity contribution in [3.05, 3.63) is 90.1 Å². The minimum atomic E-state index is -0.594. The standard InChI is InChI=1S/C12H15N3O6.C12H15NO3.C8H10O.HI/c16-10-13(1-7-4-19-7)11(17)15(3-9-6-21-9)12(18)14(10)2-8-5-20-8;1-8-3-9(2)5-10(4-8)15-7-11-6-13-12(14)16-11;1-6-3-7(2)5-8(9)4-6;/h7-9H,1-6H2;3-5,11H,6-7H2,1-2H3,(H,13,14);3-5,9H,1-2H3;1H. The fourth-order valence-electron chi connectivity index (χ4n) is 4.96. The second kappa shape index (κ2) is 16.0. The van der Waals surface area contributed by atoms with Crippen LogP contribution >= 0.6 is 24.0 Å². The van der Waals surface area contributed by atoms with Crippen LogP contribution in [0.4, 0.5) is 4.79 Å². The number of rotatable bonds is 9. The van der Waals surface area contributed by atoms with Crippen LogP contribution in [0, 0.1) is 27.7 Å². The monoisotopic (exact) mass is 768 g/mol. The Labute approximate surface area is 288 Å². The molecule has 4 fully saturated rings. The van der Waals surface area contributed by atoms with Crippen molar-refractivity contribution in [1.82, 2.24) is 19.0 Å². The summed E-state index contributed by atoms with van der Waals surface area (Å²) in [6.45, 7) is 11.0. The van der Waals surface area contributed by atoms with Crippen molar-refractivity contribution in [2.75, 3.05) is 33.0 Å². The van der Waals surface area contributed by atoms with E-state index in [1.807, 2.05) is 45.9 Å². The molecule has 0 bridgehead atoms. The van der Waals surface area contributed by atoms with Gasteiger partial charge < -0.3 is 34.1 Å². The lowest BCUT2D eigenvalue weighted by molar-refractivity contribution is 0.105. The lowest BCUT2D eigenvalue weighted by atomic mass is 10.1. The minimum Gasteiger partial charge on any atom is -0.508 e. The fraction of sp³-hybridized carbons (Fsp3) is 0.500. The number of nitrogens with zero attached hydrogens (tertiary/aromatic N) is 3. The topological polar surface area (TPSA) is 171 Å². The maximum atomic E-state index is 12.4. The van der Waals surface area contributed by atoms with Crippen LogP contribution in [-0.2, 0) is 38.6 Å². The first-order valence-corrected chi connectivity index (χ1v) is 15.2. The van der Waals surface area contributed by atoms with Crippen molar-refractivity contribution in [2.45, 2.75) is 71.7 Å². The Bertz CT molecular complexity index is 1540. The van der Waals surface area contributed by atoms with Crippen LogP contribution in [0.2, 0.25) is 0 Å². The molecule has 0 aliphatic carbocycles. The van der Waals surface area contributed by atoms with Crippen LogP contribution in [-0.4, -0.2) is 82.3 Å². The van der Waals surface area contributed by atoms with E-state index in [1.165, 1.54) is 0 Å². The first-order valence-electron chi connectivity index (χ1n) is 15.2. The van der Waals surface area contributed by atoms with Gasteiger partial charge in [0.2, 0.25) is 0 Å². The normalized spacial score (nSPS) is 21.5. The van der Waals surface area contributed by atoms with Gasteiger partial charge >= 0.3 is 23.2 Å². The summed E-state index contributed by atoms with van der Waals surface area (Å²) in [5, 5.41) is 11.6. The summed E-state index contributed by atoms with van der Waals surface area (Å²) in [7, 11) is 0. The van der Waals surface area contributed by atoms with Gasteiger partial charge in [0, 0.05) is 0 Å². The van der Waals surface area contributed by atoms with E-state index in [2.05, 4.69) is 11.4 Å². The number of carbonyl (C=O) groups excluding carboxylic acids is 1. The fourth-order valence-corrected chi connectivity index (χ4v) is 4.96. The highest BCUT2D eigenvalue weighted by molar-refractivity contribution is 14.0. The second-order valence-corrected chi connectivity index (χ2v) is 11.9. The maximum absolute atomic E-state index is 12.4. The van der Waals surface area contributed by atoms with E-state index in [0.29, 0.717) is 38.7 Å². The van der Waals surface area contributed by atoms with Crippen molar-refractivity contribution in [3.8, 4) is 11.5 Å². The molecular weight excluding hydrogens is 727 g/mol. The number of nitrogens with one attached hydrogen (secondary N) is 1. The molecule has 4 saturated heterocycles. The number of halogens is 1. The molecule has 1 aromatic heterocycles. The quantitative estimate of drug-likeness (QED) is 0.242. The number of phenolic OH excluding ortho intramolecular Hbond substituents is 1. The number of aromatic nitrogens is 3. The third kappa shape index (κ3) is 10.9. The highest BCUT2D eigenvalue weighted by Crippen LogP contribution is 2.17. The van der Waals surface area contributed by atoms with Gasteiger partial charge in [0.05, 0.1) is 64.3 Å². The summed E-state index contributed by atoms with van der Waals surface area (Å²) in [6.07, 6.45) is -0.917. The number of epoxide rings is 3. The van der Waals surface area contributed by atoms with Gasteiger partial charge in [-0.05, 0) is 74.2 Å². The Morgan fingerprint density at radius 3 is 1.38 bits per heavy atom. The van der Waals surface area contributed by atoms with Gasteiger partial charge in [0.15, 0.2) is 6.10 Å². The number of aromatic hydroxyl groups is 1. The molecule has 0 spiro atoms. The molecule has 7 rings (SSSR count). The Kier molecular flexibility index (Phi) is 12.3. The number of benzene rings is 2. The molecule has 0 radical (unpaired) electrons. The highest BCUT2D eigenvalue weighted by atomic mass is 127. The Balaban J connectivity index is 0.000000171. The molecule has 4 aliphatic heterocycles. The molecule has 4 unspecified atom stereocenters. The zero-order chi connectivity index (χ0) is 33.0. The summed E-state index contributed by atoms with van der Waals surface area (Å²) >= 11 is 0. The smallest absolute Gasteiger partial charge is 0.407 e. The second-order valence-electron chi connectivity index (χ2n) is 11.9. The number of aryl methyl sites for hydroxylation is 4. The van der Waals surface area contributed by atoms with Crippen LogP contribution in [0.5, 0.6) is 11.5 Å². The zero-order valence-corrected chi connectivity index (χ0v) is 29.1. The summed E-state index contributed by atoms with van der Waals surface area (Å²) in [6, 6.07) is 11.5. The number of ether oxygens (including phenoxy) is 5. The van der Waals surface area contributed by atoms with E-state index in [1.54, 1.807) is 12.1 Å². The average Bonchev–Trinajstić information content (AvgIpc) is 3.86. The van der Waals surface area contributed by atoms with Gasteiger partial charge in [0.25, 0.3) is 0 Å². The molecule has 47 heavy (non-hydrogen) atoms. The predicted octanol–water partition coefficient (Wildman–Crippen LogP) is 1.79. The van der Waals surface area contributed by atoms with Crippen molar-refractivity contribution < 1.29 is 33.6 Å². The molecular formula is C32H41IN4O10. The minimum absolute atomic E-state index is 0. The van der Waals surface area contributed by atoms with E-state index in [4.69, 9.17) is 28.8 Å². The molecule has 4 atom stereocenters. The van der Waals surface area contributed by atoms with E-state index in [9.17, 15) is 19.2 Å². The van der Waals surface area contributed by atoms with Crippen molar-refractivity contribution in [3.63, 3.8) is 0 Å². The van der Waals surface area contributed by atoms with Gasteiger partial charge in [0.1, 0.15) is 18.1 Å². The lowest BCUT2D eigenvalue weighted by Gasteiger charge is -2.12. The number of phenols is 1. The third-order valence-electron chi connectivity index (χ3n) is 7.34.